The Morgan fingerprint density at radius 2 is 1.62 bits per heavy atom. The quantitative estimate of drug-likeness (QED) is 0.0146. The molecule has 5 aromatic rings. The first-order valence-corrected chi connectivity index (χ1v) is 35.3. The molecule has 8 amide bonds. The van der Waals surface area contributed by atoms with Crippen molar-refractivity contribution >= 4 is 79.8 Å². The molecule has 538 valence electrons. The highest BCUT2D eigenvalue weighted by molar-refractivity contribution is 7.90. The maximum atomic E-state index is 15.5. The lowest BCUT2D eigenvalue weighted by Crippen LogP contribution is -2.53. The van der Waals surface area contributed by atoms with E-state index in [4.69, 9.17) is 23.9 Å². The van der Waals surface area contributed by atoms with Crippen molar-refractivity contribution in [2.45, 2.75) is 181 Å². The fourth-order valence-corrected chi connectivity index (χ4v) is 12.8. The van der Waals surface area contributed by atoms with Gasteiger partial charge in [-0.05, 0) is 133 Å². The first-order valence-electron chi connectivity index (χ1n) is 33.2. The summed E-state index contributed by atoms with van der Waals surface area (Å²) in [6.07, 6.45) is 8.06. The smallest absolute Gasteiger partial charge is 0.411 e. The molecule has 0 bridgehead atoms. The third kappa shape index (κ3) is 18.0. The molecule has 4 atom stereocenters. The lowest BCUT2D eigenvalue weighted by molar-refractivity contribution is -0.169. The molecule has 100 heavy (non-hydrogen) atoms. The topological polar surface area (TPSA) is 377 Å². The third-order valence-electron chi connectivity index (χ3n) is 18.4. The Kier molecular flexibility index (Phi) is 23.3. The van der Waals surface area contributed by atoms with Crippen LogP contribution >= 0.6 is 0 Å². The Labute approximate surface area is 577 Å². The maximum Gasteiger partial charge on any atom is 0.411 e. The number of esters is 1. The molecule has 0 spiro atoms. The van der Waals surface area contributed by atoms with Gasteiger partial charge in [-0.2, -0.15) is 0 Å². The Morgan fingerprint density at radius 3 is 2.32 bits per heavy atom. The van der Waals surface area contributed by atoms with Crippen LogP contribution in [-0.2, 0) is 111 Å². The molecule has 9 rings (SSSR count). The molecule has 0 saturated carbocycles. The predicted molar refractivity (Wildman–Crippen MR) is 360 cm³/mol. The van der Waals surface area contributed by atoms with Gasteiger partial charge in [0.1, 0.15) is 60.0 Å². The largest absolute Gasteiger partial charge is 0.458 e. The minimum atomic E-state index is -3.60. The van der Waals surface area contributed by atoms with Crippen LogP contribution in [0, 0.1) is 18.7 Å². The normalized spacial score (nSPS) is 16.9. The van der Waals surface area contributed by atoms with Crippen molar-refractivity contribution in [1.29, 1.82) is 0 Å². The van der Waals surface area contributed by atoms with Crippen LogP contribution in [0.15, 0.2) is 59.5 Å². The Balaban J connectivity index is 0.698. The molecule has 3 aliphatic heterocycles. The molecular weight excluding hydrogens is 1320 g/mol. The number of hydrogen-bond acceptors (Lipinski definition) is 20. The first kappa shape index (κ1) is 74.9. The predicted octanol–water partition coefficient (Wildman–Crippen LogP) is 4.58. The molecule has 0 fully saturated rings. The van der Waals surface area contributed by atoms with E-state index in [2.05, 4.69) is 36.9 Å². The number of fused-ring (bicyclic) bond motifs is 5. The number of aliphatic hydroxyl groups is 1. The number of rotatable bonds is 32. The van der Waals surface area contributed by atoms with Crippen LogP contribution in [0.5, 0.6) is 0 Å². The number of halogens is 1. The van der Waals surface area contributed by atoms with E-state index in [9.17, 15) is 61.5 Å². The van der Waals surface area contributed by atoms with Crippen molar-refractivity contribution in [2.24, 2.45) is 5.92 Å². The number of pyridine rings is 2. The van der Waals surface area contributed by atoms with Crippen LogP contribution in [-0.4, -0.2) is 164 Å². The van der Waals surface area contributed by atoms with Crippen LogP contribution in [0.25, 0.3) is 22.3 Å². The summed E-state index contributed by atoms with van der Waals surface area (Å²) in [5.74, 6) is -5.15. The summed E-state index contributed by atoms with van der Waals surface area (Å²) in [6, 6.07) is 6.34. The highest BCUT2D eigenvalue weighted by Crippen LogP contribution is 2.46. The second-order valence-electron chi connectivity index (χ2n) is 27.5. The third-order valence-corrected chi connectivity index (χ3v) is 19.3. The number of aryl methyl sites for hydroxylation is 1. The molecule has 1 unspecified atom stereocenters. The number of amides is 8. The Hall–Kier alpha value is -9.33. The number of sulfone groups is 1. The molecule has 0 saturated heterocycles. The van der Waals surface area contributed by atoms with Crippen molar-refractivity contribution in [3.8, 4) is 11.4 Å². The molecule has 0 radical (unpaired) electrons. The van der Waals surface area contributed by atoms with E-state index >= 15 is 4.39 Å². The highest BCUT2D eigenvalue weighted by atomic mass is 32.2. The van der Waals surface area contributed by atoms with Crippen molar-refractivity contribution in [3.05, 3.63) is 116 Å². The second-order valence-corrected chi connectivity index (χ2v) is 29.8. The van der Waals surface area contributed by atoms with Crippen LogP contribution in [0.1, 0.15) is 157 Å². The van der Waals surface area contributed by atoms with Gasteiger partial charge in [0.15, 0.2) is 5.60 Å². The lowest BCUT2D eigenvalue weighted by Gasteiger charge is -2.30. The molecule has 4 aliphatic rings. The molecule has 2 aromatic carbocycles. The van der Waals surface area contributed by atoms with Crippen molar-refractivity contribution < 1.29 is 80.0 Å². The minimum absolute atomic E-state index is 0.0146. The van der Waals surface area contributed by atoms with Crippen molar-refractivity contribution in [2.75, 3.05) is 50.4 Å². The van der Waals surface area contributed by atoms with Gasteiger partial charge in [0.25, 0.3) is 17.4 Å². The van der Waals surface area contributed by atoms with E-state index < -0.39 is 105 Å². The zero-order valence-electron chi connectivity index (χ0n) is 57.8. The first-order chi connectivity index (χ1) is 47.1. The summed E-state index contributed by atoms with van der Waals surface area (Å²) < 4.78 is 65.8. The summed E-state index contributed by atoms with van der Waals surface area (Å²) in [5, 5.41) is 34.3. The average Bonchev–Trinajstić information content (AvgIpc) is 1.49. The zero-order chi connectivity index (χ0) is 72.8. The van der Waals surface area contributed by atoms with E-state index in [1.165, 1.54) is 47.6 Å². The number of nitrogens with zero attached hydrogens (tertiary/aromatic N) is 7. The van der Waals surface area contributed by atoms with Gasteiger partial charge in [0.05, 0.1) is 64.7 Å². The molecule has 6 N–H and O–H groups in total. The molecule has 31 heteroatoms. The van der Waals surface area contributed by atoms with Crippen LogP contribution in [0.4, 0.5) is 14.9 Å². The number of carbonyl (C=O) groups is 9. The van der Waals surface area contributed by atoms with Crippen LogP contribution in [0.2, 0.25) is 0 Å². The number of benzene rings is 2. The lowest BCUT2D eigenvalue weighted by atomic mass is 9.81. The molecule has 29 nitrogen and oxygen atoms in total. The zero-order valence-corrected chi connectivity index (χ0v) is 58.7. The number of anilines is 1. The van der Waals surface area contributed by atoms with Gasteiger partial charge in [0, 0.05) is 79.2 Å². The highest BCUT2D eigenvalue weighted by Gasteiger charge is 2.44. The standard InChI is InChI=1S/C69H87FN12O17S/c1-39(2)60(76-54(84)23-24-68(7,8)99-28-25-67(5,6)82-33-44(77-78-82)32-71-53(83)14-12-11-13-26-80-56(86)21-22-57(80)87)63(89)72-41(4)62(88)73-43-17-15-42(16-18-43)35-98-66(92)79(27-29-100(10,94)95)38-96-37-55(85)74-50-20-19-45-40(3)49(70)31-51-58(45)59(50)46-34-81-52(61(46)75-51)30-48-47(64(81)90)36-97-65(91)69(48,9)93/h15-18,21-22,30-31,33,39,41,50,60,93H,11-14,19-20,23-29,32,34-38H2,1-10H3,(H,71,83)(H,72,89)(H,73,88)(H,74,85)(H,76,84)/t41?,50-,60-,69-/m0/s1. The number of carbonyl (C=O) groups excluding carboxylic acids is 9. The van der Waals surface area contributed by atoms with Gasteiger partial charge >= 0.3 is 12.1 Å². The van der Waals surface area contributed by atoms with Crippen LogP contribution < -0.4 is 32.1 Å². The number of ether oxygens (including phenoxy) is 4. The van der Waals surface area contributed by atoms with Crippen LogP contribution in [0.3, 0.4) is 0 Å². The number of nitrogens with one attached hydrogen (secondary N) is 5. The summed E-state index contributed by atoms with van der Waals surface area (Å²) in [4.78, 5) is 137. The summed E-state index contributed by atoms with van der Waals surface area (Å²) >= 11 is 0. The van der Waals surface area contributed by atoms with Gasteiger partial charge in [-0.3, -0.25) is 48.2 Å². The minimum Gasteiger partial charge on any atom is -0.458 e. The average molecular weight is 1410 g/mol. The Morgan fingerprint density at radius 1 is 0.900 bits per heavy atom. The van der Waals surface area contributed by atoms with Crippen molar-refractivity contribution in [1.82, 2.24) is 55.6 Å². The summed E-state index contributed by atoms with van der Waals surface area (Å²) in [5.41, 5.74) is 0.871. The number of aromatic nitrogens is 5. The van der Waals surface area contributed by atoms with E-state index in [1.54, 1.807) is 55.9 Å². The van der Waals surface area contributed by atoms with Gasteiger partial charge in [-0.1, -0.05) is 37.6 Å². The second kappa shape index (κ2) is 31.1. The van der Waals surface area contributed by atoms with E-state index in [0.717, 1.165) is 11.2 Å². The van der Waals surface area contributed by atoms with E-state index in [1.807, 2.05) is 27.7 Å². The maximum absolute atomic E-state index is 15.5. The fourth-order valence-electron chi connectivity index (χ4n) is 12.3. The van der Waals surface area contributed by atoms with E-state index in [0.29, 0.717) is 114 Å². The summed E-state index contributed by atoms with van der Waals surface area (Å²) in [6.45, 7) is 14.3. The monoisotopic (exact) mass is 1410 g/mol. The number of imide groups is 1. The van der Waals surface area contributed by atoms with Gasteiger partial charge in [-0.25, -0.2) is 32.1 Å². The Bertz CT molecular complexity index is 4220. The van der Waals surface area contributed by atoms with Gasteiger partial charge < -0.3 is 55.2 Å². The number of hydrogen-bond donors (Lipinski definition) is 6. The number of unbranched alkanes of at least 4 members (excludes halogenated alkanes) is 2. The SMILES string of the molecule is Cc1c(F)cc2nc3c(c4c2c1CC[C@@H]4NC(=O)COCN(CCS(C)(=O)=O)C(=O)OCc1ccc(NC(=O)C(C)NC(=O)[C@@H](NC(=O)CCC(C)(C)OCCC(C)(C)n2cc(CNC(=O)CCCCCN4C(=O)C=CC4=O)nn2)C(C)C)cc1)Cn1c-3cc2c(c1=O)COC(=O)[C@@]2(C)O. The van der Waals surface area contributed by atoms with Crippen molar-refractivity contribution in [3.63, 3.8) is 0 Å². The molecule has 3 aromatic heterocycles. The fraction of sp³-hybridized carbons (Fsp3) is 0.522. The summed E-state index contributed by atoms with van der Waals surface area (Å²) in [7, 11) is -3.60. The van der Waals surface area contributed by atoms with E-state index in [-0.39, 0.29) is 91.9 Å². The number of cyclic esters (lactones) is 1. The molecule has 6 heterocycles. The molecule has 1 aliphatic carbocycles. The van der Waals surface area contributed by atoms with Gasteiger partial charge in [-0.15, -0.1) is 5.10 Å². The van der Waals surface area contributed by atoms with Gasteiger partial charge in [0.2, 0.25) is 29.5 Å². The molecular formula is C69H87FN12O17S.